The summed E-state index contributed by atoms with van der Waals surface area (Å²) in [7, 11) is 0. The highest BCUT2D eigenvalue weighted by molar-refractivity contribution is 6.03. The van der Waals surface area contributed by atoms with Gasteiger partial charge in [-0.15, -0.1) is 0 Å². The van der Waals surface area contributed by atoms with Crippen molar-refractivity contribution in [3.8, 4) is 0 Å². The Labute approximate surface area is 110 Å². The van der Waals surface area contributed by atoms with Crippen LogP contribution in [0.3, 0.4) is 0 Å². The molecule has 4 rings (SSSR count). The van der Waals surface area contributed by atoms with E-state index in [9.17, 15) is 0 Å². The fourth-order valence-corrected chi connectivity index (χ4v) is 2.53. The average molecular weight is 254 g/mol. The van der Waals surface area contributed by atoms with Gasteiger partial charge in [-0.1, -0.05) is 12.1 Å². The molecule has 1 saturated heterocycles. The van der Waals surface area contributed by atoms with Crippen LogP contribution in [0.5, 0.6) is 0 Å². The van der Waals surface area contributed by atoms with Crippen molar-refractivity contribution in [3.63, 3.8) is 0 Å². The lowest BCUT2D eigenvalue weighted by atomic mass is 10.1. The molecule has 1 aliphatic rings. The van der Waals surface area contributed by atoms with Crippen LogP contribution in [-0.2, 0) is 4.74 Å². The van der Waals surface area contributed by atoms with E-state index in [1.807, 2.05) is 17.1 Å². The summed E-state index contributed by atoms with van der Waals surface area (Å²) in [6.07, 6.45) is 3.89. The summed E-state index contributed by atoms with van der Waals surface area (Å²) < 4.78 is 5.37. The van der Waals surface area contributed by atoms with Gasteiger partial charge in [0.05, 0.1) is 43.5 Å². The zero-order valence-electron chi connectivity index (χ0n) is 10.5. The van der Waals surface area contributed by atoms with E-state index in [1.54, 1.807) is 0 Å². The summed E-state index contributed by atoms with van der Waals surface area (Å²) in [5.74, 6) is 0. The minimum absolute atomic E-state index is 0.759. The molecule has 0 atom stereocenters. The molecule has 19 heavy (non-hydrogen) atoms. The van der Waals surface area contributed by atoms with Crippen LogP contribution in [-0.4, -0.2) is 41.2 Å². The summed E-state index contributed by atoms with van der Waals surface area (Å²) in [6.45, 7) is 3.27. The maximum absolute atomic E-state index is 5.37. The predicted molar refractivity (Wildman–Crippen MR) is 73.8 cm³/mol. The highest BCUT2D eigenvalue weighted by Crippen LogP contribution is 2.22. The van der Waals surface area contributed by atoms with Crippen LogP contribution in [0.2, 0.25) is 0 Å². The SMILES string of the molecule is c1cnc2c(c1)ccc1nn(N3CCOCC3)cc12. The molecule has 3 aromatic rings. The molecule has 1 fully saturated rings. The van der Waals surface area contributed by atoms with Crippen molar-refractivity contribution in [1.82, 2.24) is 14.9 Å². The molecule has 5 heteroatoms. The number of pyridine rings is 1. The Morgan fingerprint density at radius 2 is 2.00 bits per heavy atom. The quantitative estimate of drug-likeness (QED) is 0.661. The van der Waals surface area contributed by atoms with Crippen molar-refractivity contribution in [2.24, 2.45) is 0 Å². The number of fused-ring (bicyclic) bond motifs is 3. The van der Waals surface area contributed by atoms with Crippen molar-refractivity contribution in [3.05, 3.63) is 36.7 Å². The first-order valence-corrected chi connectivity index (χ1v) is 6.48. The minimum Gasteiger partial charge on any atom is -0.378 e. The van der Waals surface area contributed by atoms with Gasteiger partial charge >= 0.3 is 0 Å². The summed E-state index contributed by atoms with van der Waals surface area (Å²) in [5.41, 5.74) is 2.00. The van der Waals surface area contributed by atoms with Crippen LogP contribution < -0.4 is 5.01 Å². The Bertz CT molecular complexity index is 730. The van der Waals surface area contributed by atoms with E-state index in [0.717, 1.165) is 48.1 Å². The maximum atomic E-state index is 5.37. The molecular weight excluding hydrogens is 240 g/mol. The Morgan fingerprint density at radius 1 is 1.11 bits per heavy atom. The summed E-state index contributed by atoms with van der Waals surface area (Å²) in [5, 5.41) is 9.08. The smallest absolute Gasteiger partial charge is 0.0966 e. The van der Waals surface area contributed by atoms with Gasteiger partial charge in [0, 0.05) is 17.0 Å². The van der Waals surface area contributed by atoms with Gasteiger partial charge in [-0.05, 0) is 12.1 Å². The minimum atomic E-state index is 0.759. The number of ether oxygens (including phenoxy) is 1. The molecule has 0 saturated carbocycles. The van der Waals surface area contributed by atoms with Crippen LogP contribution in [0.1, 0.15) is 0 Å². The average Bonchev–Trinajstić information content (AvgIpc) is 2.93. The molecule has 96 valence electrons. The number of hydrogen-bond acceptors (Lipinski definition) is 4. The zero-order chi connectivity index (χ0) is 12.7. The van der Waals surface area contributed by atoms with Crippen molar-refractivity contribution >= 4 is 21.8 Å². The van der Waals surface area contributed by atoms with E-state index < -0.39 is 0 Å². The van der Waals surface area contributed by atoms with Crippen LogP contribution in [0.15, 0.2) is 36.7 Å². The first-order valence-electron chi connectivity index (χ1n) is 6.48. The van der Waals surface area contributed by atoms with Crippen molar-refractivity contribution in [1.29, 1.82) is 0 Å². The highest BCUT2D eigenvalue weighted by Gasteiger charge is 2.13. The Balaban J connectivity index is 1.88. The van der Waals surface area contributed by atoms with Crippen LogP contribution >= 0.6 is 0 Å². The normalized spacial score (nSPS) is 16.3. The lowest BCUT2D eigenvalue weighted by Crippen LogP contribution is -2.44. The third-order valence-electron chi connectivity index (χ3n) is 3.52. The fraction of sp³-hybridized carbons (Fsp3) is 0.286. The van der Waals surface area contributed by atoms with Gasteiger partial charge in [0.1, 0.15) is 0 Å². The maximum Gasteiger partial charge on any atom is 0.0966 e. The van der Waals surface area contributed by atoms with Gasteiger partial charge < -0.3 is 4.74 Å². The Morgan fingerprint density at radius 3 is 2.89 bits per heavy atom. The topological polar surface area (TPSA) is 43.2 Å². The molecule has 0 amide bonds. The van der Waals surface area contributed by atoms with Gasteiger partial charge in [-0.3, -0.25) is 9.99 Å². The molecule has 1 aromatic carbocycles. The molecule has 0 N–H and O–H groups in total. The second-order valence-corrected chi connectivity index (χ2v) is 4.69. The third-order valence-corrected chi connectivity index (χ3v) is 3.52. The Hall–Kier alpha value is -2.14. The summed E-state index contributed by atoms with van der Waals surface area (Å²) >= 11 is 0. The van der Waals surface area contributed by atoms with E-state index >= 15 is 0 Å². The van der Waals surface area contributed by atoms with Gasteiger partial charge in [0.25, 0.3) is 0 Å². The first kappa shape index (κ1) is 10.8. The van der Waals surface area contributed by atoms with Crippen molar-refractivity contribution in [2.75, 3.05) is 31.3 Å². The van der Waals surface area contributed by atoms with Crippen LogP contribution in [0.25, 0.3) is 21.8 Å². The van der Waals surface area contributed by atoms with E-state index in [0.29, 0.717) is 0 Å². The van der Waals surface area contributed by atoms with Gasteiger partial charge in [-0.25, -0.2) is 0 Å². The van der Waals surface area contributed by atoms with Crippen LogP contribution in [0, 0.1) is 0 Å². The zero-order valence-corrected chi connectivity index (χ0v) is 10.5. The van der Waals surface area contributed by atoms with E-state index in [4.69, 9.17) is 4.74 Å². The molecule has 0 radical (unpaired) electrons. The molecule has 1 aliphatic heterocycles. The molecule has 0 bridgehead atoms. The second-order valence-electron chi connectivity index (χ2n) is 4.69. The van der Waals surface area contributed by atoms with E-state index in [1.165, 1.54) is 0 Å². The molecule has 0 spiro atoms. The lowest BCUT2D eigenvalue weighted by molar-refractivity contribution is 0.109. The molecule has 3 heterocycles. The molecule has 0 aliphatic carbocycles. The number of rotatable bonds is 1. The third kappa shape index (κ3) is 1.74. The summed E-state index contributed by atoms with van der Waals surface area (Å²) in [6, 6.07) is 8.16. The second kappa shape index (κ2) is 4.20. The fourth-order valence-electron chi connectivity index (χ4n) is 2.53. The van der Waals surface area contributed by atoms with Gasteiger partial charge in [0.15, 0.2) is 0 Å². The van der Waals surface area contributed by atoms with Gasteiger partial charge in [-0.2, -0.15) is 9.89 Å². The van der Waals surface area contributed by atoms with Crippen LogP contribution in [0.4, 0.5) is 0 Å². The standard InChI is InChI=1S/C14H14N4O/c1-2-11-3-4-13-12(14(11)15-5-1)10-18(16-13)17-6-8-19-9-7-17/h1-5,10H,6-9H2. The molecule has 5 nitrogen and oxygen atoms in total. The highest BCUT2D eigenvalue weighted by atomic mass is 16.5. The Kier molecular flexibility index (Phi) is 2.38. The number of benzene rings is 1. The molecule has 2 aromatic heterocycles. The lowest BCUT2D eigenvalue weighted by Gasteiger charge is -2.28. The predicted octanol–water partition coefficient (Wildman–Crippen LogP) is 1.55. The van der Waals surface area contributed by atoms with Crippen molar-refractivity contribution in [2.45, 2.75) is 0 Å². The number of morpholine rings is 1. The first-order chi connectivity index (χ1) is 9.42. The van der Waals surface area contributed by atoms with Gasteiger partial charge in [0.2, 0.25) is 0 Å². The summed E-state index contributed by atoms with van der Waals surface area (Å²) in [4.78, 5) is 6.40. The number of nitrogens with zero attached hydrogens (tertiary/aromatic N) is 4. The largest absolute Gasteiger partial charge is 0.378 e. The van der Waals surface area contributed by atoms with E-state index in [-0.39, 0.29) is 0 Å². The monoisotopic (exact) mass is 254 g/mol. The molecule has 0 unspecified atom stereocenters. The number of hydrogen-bond donors (Lipinski definition) is 0. The number of aromatic nitrogens is 3. The van der Waals surface area contributed by atoms with Crippen molar-refractivity contribution < 1.29 is 4.74 Å². The molecular formula is C14H14N4O. The van der Waals surface area contributed by atoms with E-state index in [2.05, 4.69) is 39.5 Å².